The molecule has 1 heterocycles. The van der Waals surface area contributed by atoms with Crippen LogP contribution in [0.4, 0.5) is 0 Å². The van der Waals surface area contributed by atoms with Crippen LogP contribution in [0.25, 0.3) is 0 Å². The van der Waals surface area contributed by atoms with Gasteiger partial charge in [-0.1, -0.05) is 30.3 Å². The monoisotopic (exact) mass is 362 g/mol. The summed E-state index contributed by atoms with van der Waals surface area (Å²) in [6, 6.07) is 10.5. The van der Waals surface area contributed by atoms with Crippen molar-refractivity contribution in [1.82, 2.24) is 10.2 Å². The quantitative estimate of drug-likeness (QED) is 0.605. The fraction of sp³-hybridized carbons (Fsp3) is 0.600. The van der Waals surface area contributed by atoms with Crippen molar-refractivity contribution in [2.75, 3.05) is 39.3 Å². The molecule has 1 aromatic carbocycles. The molecule has 0 spiro atoms. The van der Waals surface area contributed by atoms with Gasteiger partial charge < -0.3 is 20.4 Å². The second kappa shape index (κ2) is 9.14. The van der Waals surface area contributed by atoms with Gasteiger partial charge in [0.2, 0.25) is 0 Å². The smallest absolute Gasteiger partial charge is 0.278 e. The van der Waals surface area contributed by atoms with Crippen LogP contribution in [0.15, 0.2) is 30.3 Å². The first-order valence-electron chi connectivity index (χ1n) is 9.55. The van der Waals surface area contributed by atoms with Gasteiger partial charge in [0.25, 0.3) is 11.8 Å². The number of nitrogens with zero attached hydrogens (tertiary/aromatic N) is 1. The number of rotatable bonds is 6. The Hall–Kier alpha value is -1.92. The lowest BCUT2D eigenvalue weighted by atomic mass is 10.1. The maximum absolute atomic E-state index is 12.5. The minimum absolute atomic E-state index is 0.0808. The number of hydrogen-bond donors (Lipinski definition) is 3. The van der Waals surface area contributed by atoms with E-state index in [4.69, 9.17) is 0 Å². The molecule has 4 N–H and O–H groups in total. The van der Waals surface area contributed by atoms with E-state index in [0.717, 1.165) is 26.2 Å². The number of quaternary nitrogens is 2. The highest BCUT2D eigenvalue weighted by molar-refractivity contribution is 5.78. The molecule has 0 aliphatic carbocycles. The van der Waals surface area contributed by atoms with Gasteiger partial charge in [0.05, 0.1) is 26.2 Å². The molecule has 0 saturated carbocycles. The third-order valence-electron chi connectivity index (χ3n) is 4.72. The molecule has 26 heavy (non-hydrogen) atoms. The van der Waals surface area contributed by atoms with Crippen molar-refractivity contribution in [2.45, 2.75) is 39.3 Å². The molecule has 0 bridgehead atoms. The molecule has 0 aromatic heterocycles. The van der Waals surface area contributed by atoms with Crippen molar-refractivity contribution in [3.63, 3.8) is 0 Å². The molecule has 1 aromatic rings. The second-order valence-corrected chi connectivity index (χ2v) is 8.24. The van der Waals surface area contributed by atoms with Gasteiger partial charge in [0.15, 0.2) is 13.1 Å². The molecule has 0 radical (unpaired) electrons. The zero-order valence-corrected chi connectivity index (χ0v) is 16.5. The maximum Gasteiger partial charge on any atom is 0.278 e. The minimum atomic E-state index is -0.195. The number of amides is 2. The van der Waals surface area contributed by atoms with Crippen molar-refractivity contribution in [3.05, 3.63) is 35.9 Å². The molecule has 6 heteroatoms. The molecule has 144 valence electrons. The van der Waals surface area contributed by atoms with Gasteiger partial charge in [-0.2, -0.15) is 0 Å². The summed E-state index contributed by atoms with van der Waals surface area (Å²) in [5.41, 5.74) is 1.04. The van der Waals surface area contributed by atoms with E-state index < -0.39 is 0 Å². The molecular formula is C20H34N4O2+2. The number of nitrogens with two attached hydrogens (primary N) is 1. The summed E-state index contributed by atoms with van der Waals surface area (Å²) in [5.74, 6) is 0.267. The van der Waals surface area contributed by atoms with E-state index in [1.807, 2.05) is 43.9 Å². The van der Waals surface area contributed by atoms with Crippen molar-refractivity contribution in [1.29, 1.82) is 0 Å². The number of carbonyl (C=O) groups excluding carboxylic acids is 2. The lowest BCUT2D eigenvalue weighted by Gasteiger charge is -2.32. The molecular weight excluding hydrogens is 328 g/mol. The SMILES string of the molecule is C[C@@H]([NH2+]CC(=O)N1CC[NH+](CC(=O)NC(C)(C)C)CC1)c1ccccc1. The maximum atomic E-state index is 12.5. The molecule has 2 amide bonds. The van der Waals surface area contributed by atoms with E-state index in [0.29, 0.717) is 13.1 Å². The van der Waals surface area contributed by atoms with E-state index in [2.05, 4.69) is 29.7 Å². The first-order chi connectivity index (χ1) is 12.2. The topological polar surface area (TPSA) is 70.5 Å². The van der Waals surface area contributed by atoms with Crippen LogP contribution in [0.1, 0.15) is 39.3 Å². The summed E-state index contributed by atoms with van der Waals surface area (Å²) in [6.07, 6.45) is 0. The summed E-state index contributed by atoms with van der Waals surface area (Å²) >= 11 is 0. The molecule has 1 aliphatic rings. The largest absolute Gasteiger partial charge is 0.347 e. The molecule has 1 aliphatic heterocycles. The van der Waals surface area contributed by atoms with Crippen LogP contribution in [0.5, 0.6) is 0 Å². The highest BCUT2D eigenvalue weighted by Crippen LogP contribution is 2.06. The molecule has 1 saturated heterocycles. The first-order valence-corrected chi connectivity index (χ1v) is 9.55. The Balaban J connectivity index is 1.70. The zero-order chi connectivity index (χ0) is 19.2. The molecule has 6 nitrogen and oxygen atoms in total. The predicted octanol–water partition coefficient (Wildman–Crippen LogP) is -1.05. The molecule has 2 rings (SSSR count). The van der Waals surface area contributed by atoms with Gasteiger partial charge in [0, 0.05) is 11.1 Å². The van der Waals surface area contributed by atoms with Crippen LogP contribution in [0.3, 0.4) is 0 Å². The van der Waals surface area contributed by atoms with E-state index in [-0.39, 0.29) is 23.4 Å². The normalized spacial score (nSPS) is 17.0. The van der Waals surface area contributed by atoms with Crippen LogP contribution >= 0.6 is 0 Å². The third-order valence-corrected chi connectivity index (χ3v) is 4.72. The summed E-state index contributed by atoms with van der Waals surface area (Å²) < 4.78 is 0. The van der Waals surface area contributed by atoms with Crippen LogP contribution in [0, 0.1) is 0 Å². The number of benzene rings is 1. The highest BCUT2D eigenvalue weighted by atomic mass is 16.2. The van der Waals surface area contributed by atoms with Crippen molar-refractivity contribution >= 4 is 11.8 Å². The van der Waals surface area contributed by atoms with E-state index >= 15 is 0 Å². The average molecular weight is 363 g/mol. The Morgan fingerprint density at radius 3 is 2.38 bits per heavy atom. The Morgan fingerprint density at radius 1 is 1.19 bits per heavy atom. The Kier molecular flexibility index (Phi) is 7.17. The number of piperazine rings is 1. The van der Waals surface area contributed by atoms with Crippen molar-refractivity contribution in [3.8, 4) is 0 Å². The van der Waals surface area contributed by atoms with E-state index in [9.17, 15) is 9.59 Å². The summed E-state index contributed by atoms with van der Waals surface area (Å²) in [7, 11) is 0. The first kappa shape index (κ1) is 20.4. The average Bonchev–Trinajstić information content (AvgIpc) is 2.59. The van der Waals surface area contributed by atoms with Crippen molar-refractivity contribution < 1.29 is 19.8 Å². The van der Waals surface area contributed by atoms with Crippen molar-refractivity contribution in [2.24, 2.45) is 0 Å². The van der Waals surface area contributed by atoms with Crippen LogP contribution in [-0.4, -0.2) is 61.5 Å². The molecule has 0 unspecified atom stereocenters. The third kappa shape index (κ3) is 6.77. The summed E-state index contributed by atoms with van der Waals surface area (Å²) in [6.45, 7) is 12.2. The van der Waals surface area contributed by atoms with Gasteiger partial charge in [0.1, 0.15) is 6.04 Å². The summed E-state index contributed by atoms with van der Waals surface area (Å²) in [4.78, 5) is 27.7. The number of carbonyl (C=O) groups is 2. The van der Waals surface area contributed by atoms with Gasteiger partial charge in [-0.05, 0) is 27.7 Å². The van der Waals surface area contributed by atoms with Crippen LogP contribution in [0.2, 0.25) is 0 Å². The van der Waals surface area contributed by atoms with E-state index in [1.54, 1.807) is 0 Å². The van der Waals surface area contributed by atoms with Gasteiger partial charge in [-0.3, -0.25) is 9.59 Å². The van der Waals surface area contributed by atoms with E-state index in [1.165, 1.54) is 10.5 Å². The lowest BCUT2D eigenvalue weighted by Crippen LogP contribution is -3.16. The fourth-order valence-corrected chi connectivity index (χ4v) is 3.24. The standard InChI is InChI=1S/C20H32N4O2/c1-16(17-8-6-5-7-9-17)21-14-19(26)24-12-10-23(11-13-24)15-18(25)22-20(2,3)4/h5-9,16,21H,10-15H2,1-4H3,(H,22,25)/p+2/t16-/m1/s1. The zero-order valence-electron chi connectivity index (χ0n) is 16.5. The predicted molar refractivity (Wildman–Crippen MR) is 102 cm³/mol. The highest BCUT2D eigenvalue weighted by Gasteiger charge is 2.27. The Labute approximate surface area is 156 Å². The van der Waals surface area contributed by atoms with Gasteiger partial charge >= 0.3 is 0 Å². The fourth-order valence-electron chi connectivity index (χ4n) is 3.24. The lowest BCUT2D eigenvalue weighted by molar-refractivity contribution is -0.896. The van der Waals surface area contributed by atoms with Gasteiger partial charge in [-0.25, -0.2) is 0 Å². The summed E-state index contributed by atoms with van der Waals surface area (Å²) in [5, 5.41) is 5.09. The number of nitrogens with one attached hydrogen (secondary N) is 2. The molecule has 1 fully saturated rings. The van der Waals surface area contributed by atoms with Crippen LogP contribution in [-0.2, 0) is 9.59 Å². The van der Waals surface area contributed by atoms with Crippen LogP contribution < -0.4 is 15.5 Å². The minimum Gasteiger partial charge on any atom is -0.347 e. The second-order valence-electron chi connectivity index (χ2n) is 8.24. The number of hydrogen-bond acceptors (Lipinski definition) is 2. The molecule has 1 atom stereocenters. The van der Waals surface area contributed by atoms with Gasteiger partial charge in [-0.15, -0.1) is 0 Å². The Bertz CT molecular complexity index is 590. The Morgan fingerprint density at radius 2 is 1.81 bits per heavy atom.